The molecule has 1 fully saturated rings. The molecule has 1 aromatic rings. The highest BCUT2D eigenvalue weighted by molar-refractivity contribution is 6.18. The van der Waals surface area contributed by atoms with Crippen molar-refractivity contribution in [3.63, 3.8) is 0 Å². The fourth-order valence-corrected chi connectivity index (χ4v) is 1.80. The number of hydrogen-bond acceptors (Lipinski definition) is 3. The van der Waals surface area contributed by atoms with Crippen LogP contribution in [-0.2, 0) is 13.6 Å². The molecule has 4 nitrogen and oxygen atoms in total. The molecule has 0 aromatic carbocycles. The SMILES string of the molecule is Cn1ncnc1CN(CCCl)C1CC1. The van der Waals surface area contributed by atoms with Gasteiger partial charge in [0.1, 0.15) is 12.2 Å². The predicted octanol–water partition coefficient (Wildman–Crippen LogP) is 1.02. The molecule has 0 bridgehead atoms. The van der Waals surface area contributed by atoms with Crippen molar-refractivity contribution in [2.45, 2.75) is 25.4 Å². The average Bonchev–Trinajstić information content (AvgIpc) is 2.93. The molecule has 2 rings (SSSR count). The summed E-state index contributed by atoms with van der Waals surface area (Å²) < 4.78 is 1.82. The molecule has 1 saturated carbocycles. The Labute approximate surface area is 88.9 Å². The molecule has 0 atom stereocenters. The molecular weight excluding hydrogens is 200 g/mol. The molecule has 0 amide bonds. The Morgan fingerprint density at radius 1 is 1.64 bits per heavy atom. The molecule has 0 radical (unpaired) electrons. The molecule has 0 saturated heterocycles. The van der Waals surface area contributed by atoms with Gasteiger partial charge in [-0.3, -0.25) is 9.58 Å². The highest BCUT2D eigenvalue weighted by atomic mass is 35.5. The second kappa shape index (κ2) is 4.28. The first-order valence-corrected chi connectivity index (χ1v) is 5.47. The third kappa shape index (κ3) is 2.25. The van der Waals surface area contributed by atoms with E-state index in [4.69, 9.17) is 11.6 Å². The van der Waals surface area contributed by atoms with E-state index in [-0.39, 0.29) is 0 Å². The van der Waals surface area contributed by atoms with E-state index in [2.05, 4.69) is 15.0 Å². The quantitative estimate of drug-likeness (QED) is 0.687. The Balaban J connectivity index is 1.96. The molecule has 1 heterocycles. The molecule has 1 aliphatic rings. The monoisotopic (exact) mass is 214 g/mol. The minimum absolute atomic E-state index is 0.689. The number of rotatable bonds is 5. The maximum Gasteiger partial charge on any atom is 0.140 e. The smallest absolute Gasteiger partial charge is 0.140 e. The molecule has 14 heavy (non-hydrogen) atoms. The van der Waals surface area contributed by atoms with Crippen LogP contribution in [0.25, 0.3) is 0 Å². The van der Waals surface area contributed by atoms with Gasteiger partial charge in [-0.05, 0) is 12.8 Å². The third-order valence-electron chi connectivity index (χ3n) is 2.58. The Morgan fingerprint density at radius 3 is 2.93 bits per heavy atom. The summed E-state index contributed by atoms with van der Waals surface area (Å²) in [6.45, 7) is 1.81. The Hall–Kier alpha value is -0.610. The zero-order valence-corrected chi connectivity index (χ0v) is 9.11. The largest absolute Gasteiger partial charge is 0.292 e. The van der Waals surface area contributed by atoms with Gasteiger partial charge in [0.05, 0.1) is 6.54 Å². The first-order chi connectivity index (χ1) is 6.81. The van der Waals surface area contributed by atoms with Gasteiger partial charge >= 0.3 is 0 Å². The maximum absolute atomic E-state index is 5.76. The number of aryl methyl sites for hydroxylation is 1. The number of aromatic nitrogens is 3. The van der Waals surface area contributed by atoms with Gasteiger partial charge in [-0.1, -0.05) is 0 Å². The maximum atomic E-state index is 5.76. The lowest BCUT2D eigenvalue weighted by atomic mass is 10.4. The Morgan fingerprint density at radius 2 is 2.43 bits per heavy atom. The van der Waals surface area contributed by atoms with Crippen LogP contribution in [0.3, 0.4) is 0 Å². The summed E-state index contributed by atoms with van der Waals surface area (Å²) in [6.07, 6.45) is 4.20. The molecule has 0 unspecified atom stereocenters. The third-order valence-corrected chi connectivity index (χ3v) is 2.75. The van der Waals surface area contributed by atoms with Crippen molar-refractivity contribution >= 4 is 11.6 Å². The molecule has 5 heteroatoms. The van der Waals surface area contributed by atoms with Crippen molar-refractivity contribution in [2.75, 3.05) is 12.4 Å². The average molecular weight is 215 g/mol. The van der Waals surface area contributed by atoms with Crippen molar-refractivity contribution in [1.29, 1.82) is 0 Å². The Bertz CT molecular complexity index is 295. The number of hydrogen-bond donors (Lipinski definition) is 0. The summed E-state index contributed by atoms with van der Waals surface area (Å²) in [4.78, 5) is 6.60. The summed E-state index contributed by atoms with van der Waals surface area (Å²) in [5, 5.41) is 4.06. The van der Waals surface area contributed by atoms with Gasteiger partial charge in [-0.2, -0.15) is 5.10 Å². The van der Waals surface area contributed by atoms with Crippen LogP contribution in [0.15, 0.2) is 6.33 Å². The van der Waals surface area contributed by atoms with Crippen LogP contribution in [-0.4, -0.2) is 38.1 Å². The second-order valence-corrected chi connectivity index (χ2v) is 4.07. The van der Waals surface area contributed by atoms with Gasteiger partial charge in [0, 0.05) is 25.5 Å². The highest BCUT2D eigenvalue weighted by Gasteiger charge is 2.29. The van der Waals surface area contributed by atoms with E-state index < -0.39 is 0 Å². The molecular formula is C9H15ClN4. The van der Waals surface area contributed by atoms with E-state index in [1.807, 2.05) is 11.7 Å². The van der Waals surface area contributed by atoms with Crippen molar-refractivity contribution < 1.29 is 0 Å². The van der Waals surface area contributed by atoms with Gasteiger partial charge in [0.15, 0.2) is 0 Å². The topological polar surface area (TPSA) is 34.0 Å². The van der Waals surface area contributed by atoms with Crippen LogP contribution in [0.5, 0.6) is 0 Å². The van der Waals surface area contributed by atoms with E-state index in [0.717, 1.165) is 25.0 Å². The number of alkyl halides is 1. The minimum Gasteiger partial charge on any atom is -0.292 e. The predicted molar refractivity (Wildman–Crippen MR) is 55.2 cm³/mol. The summed E-state index contributed by atoms with van der Waals surface area (Å²) in [7, 11) is 1.92. The minimum atomic E-state index is 0.689. The van der Waals surface area contributed by atoms with E-state index in [1.165, 1.54) is 12.8 Å². The van der Waals surface area contributed by atoms with Crippen LogP contribution in [0.4, 0.5) is 0 Å². The molecule has 1 aliphatic carbocycles. The van der Waals surface area contributed by atoms with Gasteiger partial charge < -0.3 is 0 Å². The van der Waals surface area contributed by atoms with Crippen LogP contribution in [0.2, 0.25) is 0 Å². The van der Waals surface area contributed by atoms with Gasteiger partial charge in [0.25, 0.3) is 0 Å². The standard InChI is InChI=1S/C9H15ClN4/c1-13-9(11-7-12-13)6-14(5-4-10)8-2-3-8/h7-8H,2-6H2,1H3. The fourth-order valence-electron chi connectivity index (χ4n) is 1.58. The second-order valence-electron chi connectivity index (χ2n) is 3.69. The zero-order chi connectivity index (χ0) is 9.97. The lowest BCUT2D eigenvalue weighted by molar-refractivity contribution is 0.260. The number of nitrogens with zero attached hydrogens (tertiary/aromatic N) is 4. The Kier molecular flexibility index (Phi) is 3.03. The molecule has 0 aliphatic heterocycles. The van der Waals surface area contributed by atoms with Crippen molar-refractivity contribution in [1.82, 2.24) is 19.7 Å². The van der Waals surface area contributed by atoms with Crippen LogP contribution in [0, 0.1) is 0 Å². The summed E-state index contributed by atoms with van der Waals surface area (Å²) in [5.41, 5.74) is 0. The van der Waals surface area contributed by atoms with Crippen molar-refractivity contribution in [2.24, 2.45) is 7.05 Å². The van der Waals surface area contributed by atoms with Gasteiger partial charge in [-0.25, -0.2) is 4.98 Å². The zero-order valence-electron chi connectivity index (χ0n) is 8.36. The van der Waals surface area contributed by atoms with Gasteiger partial charge in [-0.15, -0.1) is 11.6 Å². The number of halogens is 1. The molecule has 78 valence electrons. The fraction of sp³-hybridized carbons (Fsp3) is 0.778. The van der Waals surface area contributed by atoms with Crippen LogP contribution < -0.4 is 0 Å². The van der Waals surface area contributed by atoms with Gasteiger partial charge in [0.2, 0.25) is 0 Å². The van der Waals surface area contributed by atoms with Crippen molar-refractivity contribution in [3.05, 3.63) is 12.2 Å². The summed E-state index contributed by atoms with van der Waals surface area (Å²) in [6, 6.07) is 0.727. The molecule has 0 N–H and O–H groups in total. The summed E-state index contributed by atoms with van der Waals surface area (Å²) >= 11 is 5.76. The summed E-state index contributed by atoms with van der Waals surface area (Å²) in [5.74, 6) is 1.70. The van der Waals surface area contributed by atoms with E-state index >= 15 is 0 Å². The lowest BCUT2D eigenvalue weighted by Crippen LogP contribution is -2.29. The van der Waals surface area contributed by atoms with E-state index in [0.29, 0.717) is 5.88 Å². The normalized spacial score (nSPS) is 16.5. The van der Waals surface area contributed by atoms with Crippen molar-refractivity contribution in [3.8, 4) is 0 Å². The first kappa shape index (κ1) is 9.93. The van der Waals surface area contributed by atoms with E-state index in [9.17, 15) is 0 Å². The van der Waals surface area contributed by atoms with Crippen LogP contribution >= 0.6 is 11.6 Å². The molecule has 0 spiro atoms. The first-order valence-electron chi connectivity index (χ1n) is 4.94. The lowest BCUT2D eigenvalue weighted by Gasteiger charge is -2.19. The molecule has 1 aromatic heterocycles. The highest BCUT2D eigenvalue weighted by Crippen LogP contribution is 2.27. The van der Waals surface area contributed by atoms with E-state index in [1.54, 1.807) is 6.33 Å². The van der Waals surface area contributed by atoms with Crippen LogP contribution in [0.1, 0.15) is 18.7 Å².